The maximum atomic E-state index is 13.9. The smallest absolute Gasteiger partial charge is 0.335 e. The van der Waals surface area contributed by atoms with Gasteiger partial charge < -0.3 is 9.47 Å². The van der Waals surface area contributed by atoms with Gasteiger partial charge in [-0.15, -0.1) is 0 Å². The maximum Gasteiger partial charge on any atom is 0.335 e. The molecule has 0 fully saturated rings. The van der Waals surface area contributed by atoms with E-state index in [1.165, 1.54) is 24.3 Å². The SMILES string of the molecule is C=CC(=O)Oc1ccc(-c2ccc(OC=O)c(F)c2)cc1F. The molecule has 0 atom stereocenters. The summed E-state index contributed by atoms with van der Waals surface area (Å²) in [5, 5.41) is 0. The Kier molecular flexibility index (Phi) is 4.63. The topological polar surface area (TPSA) is 52.6 Å². The second-order valence-corrected chi connectivity index (χ2v) is 4.13. The number of hydrogen-bond acceptors (Lipinski definition) is 4. The van der Waals surface area contributed by atoms with Crippen molar-refractivity contribution >= 4 is 12.4 Å². The Labute approximate surface area is 124 Å². The predicted molar refractivity (Wildman–Crippen MR) is 74.3 cm³/mol. The molecule has 0 bridgehead atoms. The minimum atomic E-state index is -0.784. The second kappa shape index (κ2) is 6.62. The first-order valence-electron chi connectivity index (χ1n) is 6.09. The van der Waals surface area contributed by atoms with Gasteiger partial charge in [-0.1, -0.05) is 18.7 Å². The monoisotopic (exact) mass is 304 g/mol. The summed E-state index contributed by atoms with van der Waals surface area (Å²) in [6.07, 6.45) is 0.911. The molecular formula is C16H10F2O4. The molecule has 0 amide bonds. The molecule has 0 aromatic heterocycles. The lowest BCUT2D eigenvalue weighted by Crippen LogP contribution is -2.04. The van der Waals surface area contributed by atoms with Gasteiger partial charge in [0.15, 0.2) is 23.1 Å². The van der Waals surface area contributed by atoms with Crippen LogP contribution in [0.5, 0.6) is 11.5 Å². The third-order valence-electron chi connectivity index (χ3n) is 2.75. The molecule has 2 aromatic carbocycles. The summed E-state index contributed by atoms with van der Waals surface area (Å²) in [5.74, 6) is -2.80. The van der Waals surface area contributed by atoms with E-state index in [0.29, 0.717) is 11.1 Å². The van der Waals surface area contributed by atoms with Gasteiger partial charge in [0.2, 0.25) is 0 Å². The van der Waals surface area contributed by atoms with E-state index in [0.717, 1.165) is 18.2 Å². The van der Waals surface area contributed by atoms with Crippen molar-refractivity contribution in [3.63, 3.8) is 0 Å². The standard InChI is InChI=1S/C16H10F2O4/c1-2-16(20)22-15-6-4-11(8-13(15)18)10-3-5-14(21-9-19)12(17)7-10/h2-9H,1H2. The molecule has 22 heavy (non-hydrogen) atoms. The summed E-state index contributed by atoms with van der Waals surface area (Å²) in [6, 6.07) is 7.63. The molecule has 2 rings (SSSR count). The average Bonchev–Trinajstić information content (AvgIpc) is 2.51. The molecule has 0 saturated heterocycles. The van der Waals surface area contributed by atoms with Crippen LogP contribution in [-0.4, -0.2) is 12.4 Å². The third-order valence-corrected chi connectivity index (χ3v) is 2.75. The largest absolute Gasteiger partial charge is 0.426 e. The Morgan fingerprint density at radius 3 is 2.00 bits per heavy atom. The fourth-order valence-corrected chi connectivity index (χ4v) is 1.74. The molecule has 112 valence electrons. The highest BCUT2D eigenvalue weighted by atomic mass is 19.1. The van der Waals surface area contributed by atoms with Gasteiger partial charge in [0.25, 0.3) is 6.47 Å². The maximum absolute atomic E-state index is 13.9. The summed E-state index contributed by atoms with van der Waals surface area (Å²) in [4.78, 5) is 21.2. The summed E-state index contributed by atoms with van der Waals surface area (Å²) in [7, 11) is 0. The van der Waals surface area contributed by atoms with Crippen molar-refractivity contribution in [1.82, 2.24) is 0 Å². The molecular weight excluding hydrogens is 294 g/mol. The number of benzene rings is 2. The zero-order valence-corrected chi connectivity index (χ0v) is 11.2. The van der Waals surface area contributed by atoms with Gasteiger partial charge in [0, 0.05) is 6.08 Å². The summed E-state index contributed by atoms with van der Waals surface area (Å²) < 4.78 is 36.6. The zero-order valence-electron chi connectivity index (χ0n) is 11.2. The van der Waals surface area contributed by atoms with Crippen molar-refractivity contribution in [2.75, 3.05) is 0 Å². The van der Waals surface area contributed by atoms with Gasteiger partial charge in [0.1, 0.15) is 0 Å². The van der Waals surface area contributed by atoms with Gasteiger partial charge in [0.05, 0.1) is 0 Å². The molecule has 0 radical (unpaired) electrons. The van der Waals surface area contributed by atoms with Crippen molar-refractivity contribution in [1.29, 1.82) is 0 Å². The fourth-order valence-electron chi connectivity index (χ4n) is 1.74. The van der Waals surface area contributed by atoms with E-state index < -0.39 is 17.6 Å². The fraction of sp³-hybridized carbons (Fsp3) is 0. The molecule has 0 spiro atoms. The second-order valence-electron chi connectivity index (χ2n) is 4.13. The van der Waals surface area contributed by atoms with Crippen LogP contribution in [0.3, 0.4) is 0 Å². The van der Waals surface area contributed by atoms with Crippen LogP contribution in [0, 0.1) is 11.6 Å². The number of carbonyl (C=O) groups excluding carboxylic acids is 2. The van der Waals surface area contributed by atoms with Crippen LogP contribution in [0.1, 0.15) is 0 Å². The van der Waals surface area contributed by atoms with Crippen molar-refractivity contribution in [2.24, 2.45) is 0 Å². The van der Waals surface area contributed by atoms with Gasteiger partial charge in [-0.3, -0.25) is 4.79 Å². The number of hydrogen-bond donors (Lipinski definition) is 0. The van der Waals surface area contributed by atoms with Crippen molar-refractivity contribution < 1.29 is 27.8 Å². The van der Waals surface area contributed by atoms with E-state index in [9.17, 15) is 18.4 Å². The number of ether oxygens (including phenoxy) is 2. The first-order valence-corrected chi connectivity index (χ1v) is 6.09. The zero-order chi connectivity index (χ0) is 16.1. The van der Waals surface area contributed by atoms with E-state index in [4.69, 9.17) is 4.74 Å². The molecule has 2 aromatic rings. The van der Waals surface area contributed by atoms with E-state index in [1.807, 2.05) is 0 Å². The van der Waals surface area contributed by atoms with E-state index >= 15 is 0 Å². The normalized spacial score (nSPS) is 9.91. The van der Waals surface area contributed by atoms with Crippen LogP contribution in [0.15, 0.2) is 49.1 Å². The third kappa shape index (κ3) is 3.35. The number of halogens is 2. The minimum absolute atomic E-state index is 0.112. The number of carbonyl (C=O) groups is 2. The highest BCUT2D eigenvalue weighted by Crippen LogP contribution is 2.28. The molecule has 0 aliphatic carbocycles. The Bertz CT molecular complexity index is 741. The lowest BCUT2D eigenvalue weighted by atomic mass is 10.0. The molecule has 0 saturated carbocycles. The van der Waals surface area contributed by atoms with Crippen molar-refractivity contribution in [2.45, 2.75) is 0 Å². The number of esters is 1. The predicted octanol–water partition coefficient (Wildman–Crippen LogP) is 3.26. The van der Waals surface area contributed by atoms with Crippen LogP contribution < -0.4 is 9.47 Å². The first-order chi connectivity index (χ1) is 10.5. The highest BCUT2D eigenvalue weighted by Gasteiger charge is 2.11. The average molecular weight is 304 g/mol. The molecule has 0 unspecified atom stereocenters. The lowest BCUT2D eigenvalue weighted by Gasteiger charge is -2.07. The number of rotatable bonds is 5. The van der Waals surface area contributed by atoms with Crippen molar-refractivity contribution in [3.05, 3.63) is 60.7 Å². The van der Waals surface area contributed by atoms with Crippen LogP contribution in [-0.2, 0) is 9.59 Å². The molecule has 0 N–H and O–H groups in total. The Morgan fingerprint density at radius 1 is 1.00 bits per heavy atom. The van der Waals surface area contributed by atoms with E-state index in [2.05, 4.69) is 11.3 Å². The van der Waals surface area contributed by atoms with Gasteiger partial charge in [-0.05, 0) is 35.4 Å². The van der Waals surface area contributed by atoms with Crippen LogP contribution in [0.25, 0.3) is 11.1 Å². The van der Waals surface area contributed by atoms with Crippen LogP contribution in [0.2, 0.25) is 0 Å². The molecule has 0 heterocycles. The Balaban J connectivity index is 2.31. The Hall–Kier alpha value is -3.02. The molecule has 0 aliphatic rings. The Morgan fingerprint density at radius 2 is 1.55 bits per heavy atom. The van der Waals surface area contributed by atoms with Crippen LogP contribution in [0.4, 0.5) is 8.78 Å². The highest BCUT2D eigenvalue weighted by molar-refractivity contribution is 5.83. The van der Waals surface area contributed by atoms with Crippen molar-refractivity contribution in [3.8, 4) is 22.6 Å². The van der Waals surface area contributed by atoms with E-state index in [-0.39, 0.29) is 18.0 Å². The first kappa shape index (κ1) is 15.4. The van der Waals surface area contributed by atoms with Gasteiger partial charge >= 0.3 is 5.97 Å². The van der Waals surface area contributed by atoms with Gasteiger partial charge in [-0.25, -0.2) is 13.6 Å². The summed E-state index contributed by atoms with van der Waals surface area (Å²) >= 11 is 0. The van der Waals surface area contributed by atoms with Gasteiger partial charge in [-0.2, -0.15) is 0 Å². The summed E-state index contributed by atoms with van der Waals surface area (Å²) in [6.45, 7) is 3.32. The quantitative estimate of drug-likeness (QED) is 0.368. The summed E-state index contributed by atoms with van der Waals surface area (Å²) in [5.41, 5.74) is 0.740. The molecule has 0 aliphatic heterocycles. The minimum Gasteiger partial charge on any atom is -0.426 e. The lowest BCUT2D eigenvalue weighted by molar-refractivity contribution is -0.129. The van der Waals surface area contributed by atoms with E-state index in [1.54, 1.807) is 0 Å². The molecule has 4 nitrogen and oxygen atoms in total. The van der Waals surface area contributed by atoms with Crippen LogP contribution >= 0.6 is 0 Å². The molecule has 6 heteroatoms.